The van der Waals surface area contributed by atoms with Crippen LogP contribution in [0.2, 0.25) is 0 Å². The van der Waals surface area contributed by atoms with Gasteiger partial charge in [-0.3, -0.25) is 0 Å². The first-order valence-electron chi connectivity index (χ1n) is 9.29. The summed E-state index contributed by atoms with van der Waals surface area (Å²) in [5, 5.41) is 16.1. The molecule has 0 saturated heterocycles. The van der Waals surface area contributed by atoms with Crippen molar-refractivity contribution in [2.45, 2.75) is 44.8 Å². The molecule has 1 atom stereocenters. The highest BCUT2D eigenvalue weighted by molar-refractivity contribution is 9.10. The van der Waals surface area contributed by atoms with Crippen LogP contribution in [-0.2, 0) is 0 Å². The van der Waals surface area contributed by atoms with E-state index in [4.69, 9.17) is 0 Å². The Balaban J connectivity index is 1.74. The van der Waals surface area contributed by atoms with Gasteiger partial charge in [0.1, 0.15) is 0 Å². The van der Waals surface area contributed by atoms with Gasteiger partial charge in [-0.05, 0) is 44.0 Å². The molecule has 4 rings (SSSR count). The maximum absolute atomic E-state index is 9.59. The molecule has 8 heteroatoms. The van der Waals surface area contributed by atoms with Gasteiger partial charge in [0, 0.05) is 22.7 Å². The van der Waals surface area contributed by atoms with Crippen LogP contribution in [-0.4, -0.2) is 37.3 Å². The van der Waals surface area contributed by atoms with Crippen LogP contribution in [0.1, 0.15) is 38.6 Å². The van der Waals surface area contributed by atoms with Gasteiger partial charge in [0.25, 0.3) is 0 Å². The van der Waals surface area contributed by atoms with Crippen molar-refractivity contribution < 1.29 is 5.11 Å². The second kappa shape index (κ2) is 7.82. The van der Waals surface area contributed by atoms with E-state index in [1.54, 1.807) is 6.92 Å². The van der Waals surface area contributed by atoms with Crippen LogP contribution in [0.25, 0.3) is 11.2 Å². The Hall–Kier alpha value is -2.19. The zero-order valence-electron chi connectivity index (χ0n) is 15.2. The number of hydrogen-bond acceptors (Lipinski definition) is 6. The molecule has 1 fully saturated rings. The van der Waals surface area contributed by atoms with E-state index < -0.39 is 6.10 Å². The number of halogens is 1. The normalized spacial score (nSPS) is 16.0. The second-order valence-corrected chi connectivity index (χ2v) is 7.94. The Labute approximate surface area is 166 Å². The molecule has 2 heterocycles. The summed E-state index contributed by atoms with van der Waals surface area (Å²) in [4.78, 5) is 13.9. The summed E-state index contributed by atoms with van der Waals surface area (Å²) < 4.78 is 3.19. The lowest BCUT2D eigenvalue weighted by Gasteiger charge is -2.14. The van der Waals surface area contributed by atoms with Gasteiger partial charge in [-0.1, -0.05) is 28.8 Å². The molecular weight excluding hydrogens is 408 g/mol. The fourth-order valence-electron chi connectivity index (χ4n) is 3.44. The highest BCUT2D eigenvalue weighted by atomic mass is 79.9. The smallest absolute Gasteiger partial charge is 0.226 e. The topological polar surface area (TPSA) is 87.9 Å². The van der Waals surface area contributed by atoms with E-state index in [-0.39, 0.29) is 0 Å². The van der Waals surface area contributed by atoms with Crippen molar-refractivity contribution in [1.82, 2.24) is 19.5 Å². The number of aliphatic hydroxyl groups excluding tert-OH is 1. The number of anilines is 3. The Morgan fingerprint density at radius 2 is 1.96 bits per heavy atom. The summed E-state index contributed by atoms with van der Waals surface area (Å²) in [5.41, 5.74) is 2.51. The molecule has 2 aromatic heterocycles. The molecule has 27 heavy (non-hydrogen) atoms. The molecule has 3 N–H and O–H groups in total. The monoisotopic (exact) mass is 430 g/mol. The molecule has 0 radical (unpaired) electrons. The van der Waals surface area contributed by atoms with Crippen LogP contribution in [0.5, 0.6) is 0 Å². The maximum atomic E-state index is 9.59. The highest BCUT2D eigenvalue weighted by Gasteiger charge is 2.22. The predicted octanol–water partition coefficient (Wildman–Crippen LogP) is 4.24. The molecule has 0 amide bonds. The second-order valence-electron chi connectivity index (χ2n) is 7.02. The summed E-state index contributed by atoms with van der Waals surface area (Å²) in [6.07, 6.45) is 6.19. The van der Waals surface area contributed by atoms with Crippen LogP contribution in [0.3, 0.4) is 0 Å². The quantitative estimate of drug-likeness (QED) is 0.541. The SMILES string of the molecule is CC(O)CNc1nc(Nc2ccc(Br)cc2)c2ncn(C3CCCC3)c2n1. The molecule has 3 aromatic rings. The van der Waals surface area contributed by atoms with Crippen molar-refractivity contribution in [3.05, 3.63) is 35.1 Å². The van der Waals surface area contributed by atoms with E-state index in [9.17, 15) is 5.11 Å². The fraction of sp³-hybridized carbons (Fsp3) is 0.421. The lowest BCUT2D eigenvalue weighted by atomic mass is 10.2. The van der Waals surface area contributed by atoms with Crippen LogP contribution in [0, 0.1) is 0 Å². The molecule has 142 valence electrons. The minimum absolute atomic E-state index is 0.390. The highest BCUT2D eigenvalue weighted by Crippen LogP contribution is 2.33. The molecule has 7 nitrogen and oxygen atoms in total. The van der Waals surface area contributed by atoms with E-state index in [1.807, 2.05) is 30.6 Å². The Kier molecular flexibility index (Phi) is 5.27. The Bertz CT molecular complexity index is 918. The van der Waals surface area contributed by atoms with E-state index >= 15 is 0 Å². The standard InChI is InChI=1S/C19H23BrN6O/c1-12(27)10-21-19-24-17(23-14-8-6-13(20)7-9-14)16-18(25-19)26(11-22-16)15-4-2-3-5-15/h6-9,11-12,15,27H,2-5,10H2,1H3,(H2,21,23,24,25). The third kappa shape index (κ3) is 4.06. The molecule has 1 aliphatic rings. The van der Waals surface area contributed by atoms with Crippen LogP contribution < -0.4 is 10.6 Å². The van der Waals surface area contributed by atoms with E-state index in [1.165, 1.54) is 12.8 Å². The summed E-state index contributed by atoms with van der Waals surface area (Å²) in [7, 11) is 0. The van der Waals surface area contributed by atoms with Gasteiger partial charge in [0.05, 0.1) is 12.4 Å². The minimum Gasteiger partial charge on any atom is -0.392 e. The number of imidazole rings is 1. The first kappa shape index (κ1) is 18.2. The molecule has 0 aliphatic heterocycles. The number of hydrogen-bond donors (Lipinski definition) is 3. The van der Waals surface area contributed by atoms with Crippen molar-refractivity contribution in [3.8, 4) is 0 Å². The Morgan fingerprint density at radius 1 is 1.22 bits per heavy atom. The minimum atomic E-state index is -0.480. The molecule has 1 unspecified atom stereocenters. The third-order valence-electron chi connectivity index (χ3n) is 4.80. The van der Waals surface area contributed by atoms with Crippen molar-refractivity contribution in [1.29, 1.82) is 0 Å². The van der Waals surface area contributed by atoms with Crippen LogP contribution in [0.4, 0.5) is 17.5 Å². The number of rotatable bonds is 6. The number of nitrogens with zero attached hydrogens (tertiary/aromatic N) is 4. The van der Waals surface area contributed by atoms with Crippen molar-refractivity contribution in [2.75, 3.05) is 17.2 Å². The zero-order chi connectivity index (χ0) is 18.8. The summed E-state index contributed by atoms with van der Waals surface area (Å²) in [6.45, 7) is 2.12. The van der Waals surface area contributed by atoms with Crippen LogP contribution >= 0.6 is 15.9 Å². The number of aliphatic hydroxyl groups is 1. The van der Waals surface area contributed by atoms with Gasteiger partial charge in [-0.25, -0.2) is 4.98 Å². The lowest BCUT2D eigenvalue weighted by Crippen LogP contribution is -2.17. The number of fused-ring (bicyclic) bond motifs is 1. The number of nitrogens with one attached hydrogen (secondary N) is 2. The molecule has 0 bridgehead atoms. The molecule has 0 spiro atoms. The first-order chi connectivity index (χ1) is 13.1. The summed E-state index contributed by atoms with van der Waals surface area (Å²) in [5.74, 6) is 1.15. The van der Waals surface area contributed by atoms with Crippen molar-refractivity contribution in [3.63, 3.8) is 0 Å². The third-order valence-corrected chi connectivity index (χ3v) is 5.33. The van der Waals surface area contributed by atoms with E-state index in [2.05, 4.69) is 46.1 Å². The zero-order valence-corrected chi connectivity index (χ0v) is 16.8. The lowest BCUT2D eigenvalue weighted by molar-refractivity contribution is 0.208. The van der Waals surface area contributed by atoms with Crippen molar-refractivity contribution in [2.24, 2.45) is 0 Å². The van der Waals surface area contributed by atoms with Crippen molar-refractivity contribution >= 4 is 44.5 Å². The van der Waals surface area contributed by atoms with Crippen LogP contribution in [0.15, 0.2) is 35.1 Å². The predicted molar refractivity (Wildman–Crippen MR) is 110 cm³/mol. The van der Waals surface area contributed by atoms with E-state index in [0.717, 1.165) is 34.2 Å². The number of aromatic nitrogens is 4. The molecule has 1 aromatic carbocycles. The Morgan fingerprint density at radius 3 is 2.67 bits per heavy atom. The summed E-state index contributed by atoms with van der Waals surface area (Å²) >= 11 is 3.45. The molecule has 1 aliphatic carbocycles. The van der Waals surface area contributed by atoms with Gasteiger partial charge >= 0.3 is 0 Å². The van der Waals surface area contributed by atoms with Gasteiger partial charge in [-0.15, -0.1) is 0 Å². The van der Waals surface area contributed by atoms with Gasteiger partial charge in [0.15, 0.2) is 17.0 Å². The molecule has 1 saturated carbocycles. The average molecular weight is 431 g/mol. The fourth-order valence-corrected chi connectivity index (χ4v) is 3.71. The van der Waals surface area contributed by atoms with Gasteiger partial charge < -0.3 is 20.3 Å². The molecular formula is C19H23BrN6O. The van der Waals surface area contributed by atoms with Gasteiger partial charge in [0.2, 0.25) is 5.95 Å². The maximum Gasteiger partial charge on any atom is 0.226 e. The number of benzene rings is 1. The van der Waals surface area contributed by atoms with Gasteiger partial charge in [-0.2, -0.15) is 9.97 Å². The largest absolute Gasteiger partial charge is 0.392 e. The summed E-state index contributed by atoms with van der Waals surface area (Å²) in [6, 6.07) is 8.36. The average Bonchev–Trinajstić information content (AvgIpc) is 3.31. The first-order valence-corrected chi connectivity index (χ1v) is 10.1. The van der Waals surface area contributed by atoms with E-state index in [0.29, 0.717) is 24.4 Å².